The van der Waals surface area contributed by atoms with Crippen molar-refractivity contribution in [3.8, 4) is 0 Å². The van der Waals surface area contributed by atoms with E-state index in [1.54, 1.807) is 12.1 Å². The van der Waals surface area contributed by atoms with Crippen LogP contribution < -0.4 is 11.2 Å². The van der Waals surface area contributed by atoms with Gasteiger partial charge in [-0.2, -0.15) is 0 Å². The molecule has 1 aromatic rings. The van der Waals surface area contributed by atoms with E-state index in [1.165, 1.54) is 0 Å². The maximum Gasteiger partial charge on any atom is 0.0350 e. The van der Waals surface area contributed by atoms with Gasteiger partial charge in [-0.3, -0.25) is 0 Å². The van der Waals surface area contributed by atoms with Crippen molar-refractivity contribution in [3.05, 3.63) is 28.5 Å². The molecule has 72 valence electrons. The van der Waals surface area contributed by atoms with E-state index < -0.39 is 0 Å². The van der Waals surface area contributed by atoms with Crippen molar-refractivity contribution in [2.75, 3.05) is 11.2 Å². The molecule has 0 heterocycles. The van der Waals surface area contributed by atoms with Crippen LogP contribution in [0.3, 0.4) is 0 Å². The summed E-state index contributed by atoms with van der Waals surface area (Å²) in [5.74, 6) is 0. The molecule has 0 aromatic heterocycles. The van der Waals surface area contributed by atoms with Crippen LogP contribution >= 0.6 is 0 Å². The van der Waals surface area contributed by atoms with E-state index in [1.807, 2.05) is 19.3 Å². The number of nitrogens with two attached hydrogens (primary N) is 1. The van der Waals surface area contributed by atoms with Crippen LogP contribution in [0.1, 0.15) is 25.0 Å². The summed E-state index contributed by atoms with van der Waals surface area (Å²) in [7, 11) is 0. The highest BCUT2D eigenvalue weighted by Gasteiger charge is 2.06. The molecule has 0 fully saturated rings. The second-order valence-electron chi connectivity index (χ2n) is 2.97. The van der Waals surface area contributed by atoms with Crippen molar-refractivity contribution in [3.63, 3.8) is 0 Å². The Balaban J connectivity index is 3.27. The van der Waals surface area contributed by atoms with Gasteiger partial charge in [0.25, 0.3) is 0 Å². The van der Waals surface area contributed by atoms with Gasteiger partial charge in [0.2, 0.25) is 0 Å². The zero-order chi connectivity index (χ0) is 9.84. The average Bonchev–Trinajstić information content (AvgIpc) is 2.17. The monoisotopic (exact) mass is 179 g/mol. The van der Waals surface area contributed by atoms with Crippen LogP contribution in [-0.4, -0.2) is 0 Å². The van der Waals surface area contributed by atoms with E-state index in [0.29, 0.717) is 5.69 Å². The molecule has 0 saturated heterocycles. The highest BCUT2D eigenvalue weighted by atomic mass is 16.5. The standard InChI is InChI=1S/C10H15N2O/c1-3-7-8(4-2)10(12-13)6-5-9(7)11/h5-6,12H,3-4,11H2,1-2H3/q-1. The van der Waals surface area contributed by atoms with Gasteiger partial charge in [0.05, 0.1) is 0 Å². The van der Waals surface area contributed by atoms with Crippen LogP contribution in [0.25, 0.3) is 0 Å². The molecule has 0 saturated carbocycles. The third-order valence-electron chi connectivity index (χ3n) is 2.28. The fourth-order valence-electron chi connectivity index (χ4n) is 1.63. The number of anilines is 2. The molecule has 1 rings (SSSR count). The van der Waals surface area contributed by atoms with Gasteiger partial charge in [0.15, 0.2) is 0 Å². The first-order valence-electron chi connectivity index (χ1n) is 4.52. The van der Waals surface area contributed by atoms with Crippen molar-refractivity contribution in [1.82, 2.24) is 0 Å². The zero-order valence-electron chi connectivity index (χ0n) is 8.05. The summed E-state index contributed by atoms with van der Waals surface area (Å²) in [6.45, 7) is 4.06. The molecule has 0 aliphatic heterocycles. The number of benzene rings is 1. The Morgan fingerprint density at radius 3 is 2.31 bits per heavy atom. The Kier molecular flexibility index (Phi) is 3.14. The van der Waals surface area contributed by atoms with E-state index in [-0.39, 0.29) is 0 Å². The molecule has 0 unspecified atom stereocenters. The molecular weight excluding hydrogens is 164 g/mol. The number of hydrogen-bond acceptors (Lipinski definition) is 3. The molecule has 0 amide bonds. The molecule has 13 heavy (non-hydrogen) atoms. The molecule has 3 heteroatoms. The van der Waals surface area contributed by atoms with Crippen molar-refractivity contribution in [2.45, 2.75) is 26.7 Å². The number of hydrogen-bond donors (Lipinski definition) is 2. The summed E-state index contributed by atoms with van der Waals surface area (Å²) in [6.07, 6.45) is 1.70. The Morgan fingerprint density at radius 2 is 1.85 bits per heavy atom. The fourth-order valence-corrected chi connectivity index (χ4v) is 1.63. The topological polar surface area (TPSA) is 61.1 Å². The lowest BCUT2D eigenvalue weighted by Gasteiger charge is -2.18. The second-order valence-corrected chi connectivity index (χ2v) is 2.97. The van der Waals surface area contributed by atoms with Gasteiger partial charge in [-0.15, -0.1) is 0 Å². The number of nitrogen functional groups attached to an aromatic ring is 1. The molecular formula is C10H15N2O-. The lowest BCUT2D eigenvalue weighted by molar-refractivity contribution is 1.04. The second kappa shape index (κ2) is 4.14. The third-order valence-corrected chi connectivity index (χ3v) is 2.28. The van der Waals surface area contributed by atoms with Crippen LogP contribution in [-0.2, 0) is 12.8 Å². The molecule has 0 bridgehead atoms. The Hall–Kier alpha value is -1.22. The molecule has 3 nitrogen and oxygen atoms in total. The SMILES string of the molecule is CCc1c(N)ccc(N[O-])c1CC. The predicted molar refractivity (Wildman–Crippen MR) is 56.6 cm³/mol. The minimum absolute atomic E-state index is 0.647. The van der Waals surface area contributed by atoms with Crippen LogP contribution in [0.4, 0.5) is 11.4 Å². The van der Waals surface area contributed by atoms with E-state index >= 15 is 0 Å². The van der Waals surface area contributed by atoms with Gasteiger partial charge < -0.3 is 16.4 Å². The molecule has 0 atom stereocenters. The quantitative estimate of drug-likeness (QED) is 0.553. The van der Waals surface area contributed by atoms with Crippen LogP contribution in [0.5, 0.6) is 0 Å². The minimum atomic E-state index is 0.647. The Morgan fingerprint density at radius 1 is 1.23 bits per heavy atom. The average molecular weight is 179 g/mol. The maximum absolute atomic E-state index is 10.6. The summed E-state index contributed by atoms with van der Waals surface area (Å²) < 4.78 is 0. The predicted octanol–water partition coefficient (Wildman–Crippen LogP) is 2.30. The molecule has 1 aromatic carbocycles. The largest absolute Gasteiger partial charge is 0.761 e. The van der Waals surface area contributed by atoms with Gasteiger partial charge in [0, 0.05) is 11.4 Å². The number of nitrogens with one attached hydrogen (secondary N) is 1. The normalized spacial score (nSPS) is 10.1. The van der Waals surface area contributed by atoms with E-state index in [2.05, 4.69) is 0 Å². The highest BCUT2D eigenvalue weighted by Crippen LogP contribution is 2.26. The first kappa shape index (κ1) is 9.86. The lowest BCUT2D eigenvalue weighted by atomic mass is 9.99. The first-order valence-corrected chi connectivity index (χ1v) is 4.52. The zero-order valence-corrected chi connectivity index (χ0v) is 8.05. The highest BCUT2D eigenvalue weighted by molar-refractivity contribution is 5.64. The van der Waals surface area contributed by atoms with Gasteiger partial charge in [-0.25, -0.2) is 0 Å². The Labute approximate surface area is 78.5 Å². The van der Waals surface area contributed by atoms with Crippen molar-refractivity contribution in [1.29, 1.82) is 0 Å². The lowest BCUT2D eigenvalue weighted by Crippen LogP contribution is -2.02. The number of rotatable bonds is 3. The van der Waals surface area contributed by atoms with Gasteiger partial charge in [-0.1, -0.05) is 13.8 Å². The van der Waals surface area contributed by atoms with E-state index in [9.17, 15) is 5.21 Å². The summed E-state index contributed by atoms with van der Waals surface area (Å²) in [5, 5.41) is 10.6. The summed E-state index contributed by atoms with van der Waals surface area (Å²) >= 11 is 0. The molecule has 0 spiro atoms. The summed E-state index contributed by atoms with van der Waals surface area (Å²) in [6, 6.07) is 3.51. The van der Waals surface area contributed by atoms with Gasteiger partial charge in [0.1, 0.15) is 0 Å². The first-order chi connectivity index (χ1) is 6.24. The van der Waals surface area contributed by atoms with Crippen molar-refractivity contribution >= 4 is 11.4 Å². The fraction of sp³-hybridized carbons (Fsp3) is 0.400. The maximum atomic E-state index is 10.6. The van der Waals surface area contributed by atoms with E-state index in [4.69, 9.17) is 5.73 Å². The van der Waals surface area contributed by atoms with Gasteiger partial charge >= 0.3 is 0 Å². The Bertz CT molecular complexity index is 297. The van der Waals surface area contributed by atoms with Crippen LogP contribution in [0.2, 0.25) is 0 Å². The molecule has 3 N–H and O–H groups in total. The smallest absolute Gasteiger partial charge is 0.0350 e. The molecule has 0 aliphatic carbocycles. The van der Waals surface area contributed by atoms with E-state index in [0.717, 1.165) is 29.7 Å². The van der Waals surface area contributed by atoms with Crippen LogP contribution in [0, 0.1) is 5.21 Å². The van der Waals surface area contributed by atoms with Crippen molar-refractivity contribution < 1.29 is 0 Å². The third kappa shape index (κ3) is 1.75. The molecule has 0 radical (unpaired) electrons. The van der Waals surface area contributed by atoms with Crippen LogP contribution in [0.15, 0.2) is 12.1 Å². The minimum Gasteiger partial charge on any atom is -0.761 e. The molecule has 0 aliphatic rings. The summed E-state index contributed by atoms with van der Waals surface area (Å²) in [4.78, 5) is 0. The van der Waals surface area contributed by atoms with Crippen molar-refractivity contribution in [2.24, 2.45) is 0 Å². The summed E-state index contributed by atoms with van der Waals surface area (Å²) in [5.41, 5.74) is 11.3. The van der Waals surface area contributed by atoms with Gasteiger partial charge in [-0.05, 0) is 36.1 Å².